The number of benzene rings is 1. The van der Waals surface area contributed by atoms with Crippen molar-refractivity contribution in [3.05, 3.63) is 52.8 Å². The van der Waals surface area contributed by atoms with Crippen LogP contribution >= 0.6 is 23.2 Å². The fourth-order valence-electron chi connectivity index (χ4n) is 1.41. The lowest BCUT2D eigenvalue weighted by atomic mass is 10.2. The zero-order chi connectivity index (χ0) is 12.3. The summed E-state index contributed by atoms with van der Waals surface area (Å²) in [6.45, 7) is 1.92. The molecular weight excluding hydrogens is 257 g/mol. The Labute approximate surface area is 110 Å². The van der Waals surface area contributed by atoms with Gasteiger partial charge < -0.3 is 4.74 Å². The van der Waals surface area contributed by atoms with Crippen molar-refractivity contribution in [2.45, 2.75) is 12.8 Å². The average molecular weight is 268 g/mol. The predicted molar refractivity (Wildman–Crippen MR) is 70.1 cm³/mol. The van der Waals surface area contributed by atoms with E-state index in [1.165, 1.54) is 0 Å². The Morgan fingerprint density at radius 2 is 2.06 bits per heavy atom. The topological polar surface area (TPSA) is 22.1 Å². The van der Waals surface area contributed by atoms with Gasteiger partial charge in [-0.25, -0.2) is 0 Å². The Hall–Kier alpha value is -1.25. The lowest BCUT2D eigenvalue weighted by molar-refractivity contribution is 0.476. The zero-order valence-corrected chi connectivity index (χ0v) is 10.8. The van der Waals surface area contributed by atoms with Gasteiger partial charge in [0.15, 0.2) is 0 Å². The summed E-state index contributed by atoms with van der Waals surface area (Å²) >= 11 is 11.9. The van der Waals surface area contributed by atoms with Crippen molar-refractivity contribution in [2.75, 3.05) is 0 Å². The molecule has 0 amide bonds. The molecule has 0 saturated heterocycles. The van der Waals surface area contributed by atoms with Crippen molar-refractivity contribution in [3.8, 4) is 11.5 Å². The fourth-order valence-corrected chi connectivity index (χ4v) is 1.85. The molecule has 0 N–H and O–H groups in total. The summed E-state index contributed by atoms with van der Waals surface area (Å²) in [6.07, 6.45) is 1.66. The van der Waals surface area contributed by atoms with Crippen molar-refractivity contribution in [2.24, 2.45) is 0 Å². The first-order valence-corrected chi connectivity index (χ1v) is 6.06. The second kappa shape index (κ2) is 5.39. The smallest absolute Gasteiger partial charge is 0.150 e. The van der Waals surface area contributed by atoms with Gasteiger partial charge in [-0.05, 0) is 25.1 Å². The monoisotopic (exact) mass is 267 g/mol. The summed E-state index contributed by atoms with van der Waals surface area (Å²) in [5.41, 5.74) is 1.80. The number of aryl methyl sites for hydroxylation is 1. The summed E-state index contributed by atoms with van der Waals surface area (Å²) in [5.74, 6) is 1.60. The molecule has 1 aromatic heterocycles. The molecule has 88 valence electrons. The van der Waals surface area contributed by atoms with Crippen LogP contribution in [0.2, 0.25) is 5.02 Å². The summed E-state index contributed by atoms with van der Waals surface area (Å²) < 4.78 is 5.71. The van der Waals surface area contributed by atoms with E-state index in [-0.39, 0.29) is 0 Å². The molecule has 2 rings (SSSR count). The first-order valence-electron chi connectivity index (χ1n) is 5.14. The van der Waals surface area contributed by atoms with Gasteiger partial charge in [-0.3, -0.25) is 4.98 Å². The number of aromatic nitrogens is 1. The van der Waals surface area contributed by atoms with Gasteiger partial charge in [0, 0.05) is 11.3 Å². The largest absolute Gasteiger partial charge is 0.454 e. The van der Waals surface area contributed by atoms with E-state index < -0.39 is 0 Å². The lowest BCUT2D eigenvalue weighted by Crippen LogP contribution is -1.91. The minimum Gasteiger partial charge on any atom is -0.454 e. The van der Waals surface area contributed by atoms with Crippen LogP contribution in [0, 0.1) is 6.92 Å². The van der Waals surface area contributed by atoms with Crippen LogP contribution in [0.25, 0.3) is 0 Å². The predicted octanol–water partition coefficient (Wildman–Crippen LogP) is 4.57. The Kier molecular flexibility index (Phi) is 3.87. The maximum absolute atomic E-state index is 6.09. The van der Waals surface area contributed by atoms with E-state index in [0.29, 0.717) is 22.4 Å². The first kappa shape index (κ1) is 12.2. The minimum absolute atomic E-state index is 0.356. The van der Waals surface area contributed by atoms with E-state index >= 15 is 0 Å². The first-order chi connectivity index (χ1) is 8.20. The highest BCUT2D eigenvalue weighted by Gasteiger charge is 2.08. The molecule has 0 bridgehead atoms. The van der Waals surface area contributed by atoms with Crippen LogP contribution in [-0.4, -0.2) is 4.98 Å². The maximum Gasteiger partial charge on any atom is 0.150 e. The molecule has 2 nitrogen and oxygen atoms in total. The third-order valence-corrected chi connectivity index (χ3v) is 2.88. The molecule has 0 radical (unpaired) electrons. The van der Waals surface area contributed by atoms with Crippen LogP contribution in [0.5, 0.6) is 11.5 Å². The van der Waals surface area contributed by atoms with Crippen molar-refractivity contribution >= 4 is 23.2 Å². The van der Waals surface area contributed by atoms with E-state index in [9.17, 15) is 0 Å². The Morgan fingerprint density at radius 3 is 2.71 bits per heavy atom. The second-order valence-electron chi connectivity index (χ2n) is 3.60. The molecular formula is C13H11Cl2NO. The normalized spacial score (nSPS) is 10.3. The fraction of sp³-hybridized carbons (Fsp3) is 0.154. The number of halogens is 2. The van der Waals surface area contributed by atoms with Gasteiger partial charge in [0.25, 0.3) is 0 Å². The SMILES string of the molecule is Cc1ccc(Oc2c(Cl)cccc2CCl)cn1. The van der Waals surface area contributed by atoms with Gasteiger partial charge in [0.2, 0.25) is 0 Å². The molecule has 1 aromatic carbocycles. The molecule has 0 fully saturated rings. The number of ether oxygens (including phenoxy) is 1. The molecule has 0 aliphatic rings. The van der Waals surface area contributed by atoms with Crippen LogP contribution in [0.4, 0.5) is 0 Å². The summed E-state index contributed by atoms with van der Waals surface area (Å²) in [6, 6.07) is 9.24. The second-order valence-corrected chi connectivity index (χ2v) is 4.27. The molecule has 1 heterocycles. The molecule has 0 aliphatic carbocycles. The van der Waals surface area contributed by atoms with Crippen LogP contribution in [0.3, 0.4) is 0 Å². The van der Waals surface area contributed by atoms with Crippen LogP contribution in [-0.2, 0) is 5.88 Å². The number of para-hydroxylation sites is 1. The van der Waals surface area contributed by atoms with E-state index in [2.05, 4.69) is 4.98 Å². The van der Waals surface area contributed by atoms with Crippen molar-refractivity contribution in [1.29, 1.82) is 0 Å². The number of hydrogen-bond acceptors (Lipinski definition) is 2. The van der Waals surface area contributed by atoms with E-state index in [1.54, 1.807) is 12.3 Å². The lowest BCUT2D eigenvalue weighted by Gasteiger charge is -2.10. The van der Waals surface area contributed by atoms with Gasteiger partial charge in [0.05, 0.1) is 17.1 Å². The molecule has 0 spiro atoms. The molecule has 0 unspecified atom stereocenters. The Bertz CT molecular complexity index is 511. The Morgan fingerprint density at radius 1 is 1.24 bits per heavy atom. The highest BCUT2D eigenvalue weighted by atomic mass is 35.5. The molecule has 0 atom stereocenters. The highest BCUT2D eigenvalue weighted by Crippen LogP contribution is 2.33. The number of nitrogens with zero attached hydrogens (tertiary/aromatic N) is 1. The maximum atomic E-state index is 6.09. The molecule has 2 aromatic rings. The highest BCUT2D eigenvalue weighted by molar-refractivity contribution is 6.32. The van der Waals surface area contributed by atoms with Gasteiger partial charge in [-0.15, -0.1) is 11.6 Å². The van der Waals surface area contributed by atoms with Gasteiger partial charge >= 0.3 is 0 Å². The van der Waals surface area contributed by atoms with E-state index in [1.807, 2.05) is 31.2 Å². The summed E-state index contributed by atoms with van der Waals surface area (Å²) in [4.78, 5) is 4.16. The third kappa shape index (κ3) is 2.90. The number of alkyl halides is 1. The van der Waals surface area contributed by atoms with Crippen LogP contribution < -0.4 is 4.74 Å². The Balaban J connectivity index is 2.32. The number of pyridine rings is 1. The molecule has 0 saturated carbocycles. The molecule has 17 heavy (non-hydrogen) atoms. The van der Waals surface area contributed by atoms with Crippen molar-refractivity contribution in [3.63, 3.8) is 0 Å². The summed E-state index contributed by atoms with van der Waals surface area (Å²) in [7, 11) is 0. The van der Waals surface area contributed by atoms with Crippen LogP contribution in [0.15, 0.2) is 36.5 Å². The number of hydrogen-bond donors (Lipinski definition) is 0. The van der Waals surface area contributed by atoms with E-state index in [4.69, 9.17) is 27.9 Å². The van der Waals surface area contributed by atoms with Crippen molar-refractivity contribution in [1.82, 2.24) is 4.98 Å². The number of rotatable bonds is 3. The van der Waals surface area contributed by atoms with Gasteiger partial charge in [-0.2, -0.15) is 0 Å². The zero-order valence-electron chi connectivity index (χ0n) is 9.28. The van der Waals surface area contributed by atoms with Gasteiger partial charge in [0.1, 0.15) is 11.5 Å². The van der Waals surface area contributed by atoms with Crippen LogP contribution in [0.1, 0.15) is 11.3 Å². The standard InChI is InChI=1S/C13H11Cl2NO/c1-9-5-6-11(8-16-9)17-13-10(7-14)3-2-4-12(13)15/h2-6,8H,7H2,1H3. The third-order valence-electron chi connectivity index (χ3n) is 2.30. The minimum atomic E-state index is 0.356. The van der Waals surface area contributed by atoms with Gasteiger partial charge in [-0.1, -0.05) is 23.7 Å². The van der Waals surface area contributed by atoms with Crippen molar-refractivity contribution < 1.29 is 4.74 Å². The quantitative estimate of drug-likeness (QED) is 0.760. The van der Waals surface area contributed by atoms with E-state index in [0.717, 1.165) is 11.3 Å². The average Bonchev–Trinajstić information content (AvgIpc) is 2.34. The summed E-state index contributed by atoms with van der Waals surface area (Å²) in [5, 5.41) is 0.545. The molecule has 4 heteroatoms. The molecule has 0 aliphatic heterocycles.